The van der Waals surface area contributed by atoms with Crippen molar-refractivity contribution in [1.29, 1.82) is 0 Å². The van der Waals surface area contributed by atoms with E-state index in [0.717, 1.165) is 25.0 Å². The van der Waals surface area contributed by atoms with Crippen LogP contribution in [0.25, 0.3) is 0 Å². The fourth-order valence-electron chi connectivity index (χ4n) is 3.12. The summed E-state index contributed by atoms with van der Waals surface area (Å²) in [6.45, 7) is 2.91. The molecule has 0 spiro atoms. The van der Waals surface area contributed by atoms with Gasteiger partial charge in [0.2, 0.25) is 5.91 Å². The molecule has 1 fully saturated rings. The molecule has 1 saturated heterocycles. The molecule has 1 aromatic rings. The normalized spacial score (nSPS) is 20.4. The molecule has 1 aliphatic rings. The molecule has 1 amide bonds. The Kier molecular flexibility index (Phi) is 5.68. The average molecular weight is 329 g/mol. The number of likely N-dealkylation sites (tertiary alicyclic amines) is 1. The number of benzene rings is 1. The van der Waals surface area contributed by atoms with Gasteiger partial charge in [-0.05, 0) is 36.8 Å². The van der Waals surface area contributed by atoms with Crippen molar-refractivity contribution in [2.24, 2.45) is 5.92 Å². The van der Waals surface area contributed by atoms with Crippen molar-refractivity contribution in [3.8, 4) is 0 Å². The number of aliphatic hydroxyl groups excluding tert-OH is 1. The zero-order chi connectivity index (χ0) is 17.0. The van der Waals surface area contributed by atoms with Crippen LogP contribution in [0.4, 0.5) is 13.2 Å². The highest BCUT2D eigenvalue weighted by atomic mass is 19.4. The Morgan fingerprint density at radius 2 is 2.17 bits per heavy atom. The molecule has 0 aliphatic carbocycles. The maximum atomic E-state index is 12.9. The Bertz CT molecular complexity index is 545. The molecule has 2 rings (SSSR count). The van der Waals surface area contributed by atoms with Crippen LogP contribution >= 0.6 is 0 Å². The third kappa shape index (κ3) is 4.25. The Labute approximate surface area is 134 Å². The first kappa shape index (κ1) is 17.8. The molecule has 1 aromatic carbocycles. The number of nitrogens with zero attached hydrogens (tertiary/aromatic N) is 1. The highest BCUT2D eigenvalue weighted by Crippen LogP contribution is 2.32. The zero-order valence-corrected chi connectivity index (χ0v) is 13.1. The minimum Gasteiger partial charge on any atom is -0.396 e. The summed E-state index contributed by atoms with van der Waals surface area (Å²) < 4.78 is 38.6. The van der Waals surface area contributed by atoms with E-state index >= 15 is 0 Å². The quantitative estimate of drug-likeness (QED) is 0.919. The summed E-state index contributed by atoms with van der Waals surface area (Å²) in [4.78, 5) is 14.4. The molecule has 2 unspecified atom stereocenters. The highest BCUT2D eigenvalue weighted by Gasteiger charge is 2.33. The minimum atomic E-state index is -4.41. The lowest BCUT2D eigenvalue weighted by Crippen LogP contribution is -2.43. The van der Waals surface area contributed by atoms with Gasteiger partial charge in [-0.15, -0.1) is 0 Å². The van der Waals surface area contributed by atoms with Gasteiger partial charge in [0.05, 0.1) is 11.5 Å². The van der Waals surface area contributed by atoms with Crippen molar-refractivity contribution in [2.75, 3.05) is 19.7 Å². The standard InChI is InChI=1S/C17H22F3NO2/c1-2-15(13-6-3-7-14(9-13)17(18,19)20)16(23)21-8-4-5-12(10-21)11-22/h3,6-7,9,12,15,22H,2,4-5,8,10-11H2,1H3. The van der Waals surface area contributed by atoms with E-state index in [1.54, 1.807) is 17.9 Å². The minimum absolute atomic E-state index is 0.0319. The molecule has 0 saturated carbocycles. The number of carbonyl (C=O) groups excluding carboxylic acids is 1. The number of halogens is 3. The van der Waals surface area contributed by atoms with Crippen molar-refractivity contribution in [1.82, 2.24) is 4.90 Å². The second-order valence-electron chi connectivity index (χ2n) is 6.06. The number of amides is 1. The van der Waals surface area contributed by atoms with Crippen LogP contribution < -0.4 is 0 Å². The van der Waals surface area contributed by atoms with E-state index in [9.17, 15) is 23.1 Å². The summed E-state index contributed by atoms with van der Waals surface area (Å²) in [7, 11) is 0. The fourth-order valence-corrected chi connectivity index (χ4v) is 3.12. The van der Waals surface area contributed by atoms with Crippen molar-refractivity contribution in [3.63, 3.8) is 0 Å². The summed E-state index contributed by atoms with van der Waals surface area (Å²) in [5.74, 6) is -0.661. The first-order valence-corrected chi connectivity index (χ1v) is 7.93. The van der Waals surface area contributed by atoms with Gasteiger partial charge in [-0.1, -0.05) is 25.1 Å². The van der Waals surface area contributed by atoms with E-state index < -0.39 is 17.7 Å². The molecule has 2 atom stereocenters. The van der Waals surface area contributed by atoms with Gasteiger partial charge < -0.3 is 10.0 Å². The summed E-state index contributed by atoms with van der Waals surface area (Å²) in [5, 5.41) is 9.27. The van der Waals surface area contributed by atoms with Gasteiger partial charge in [-0.2, -0.15) is 13.2 Å². The molecule has 0 aromatic heterocycles. The lowest BCUT2D eigenvalue weighted by molar-refractivity contribution is -0.138. The summed E-state index contributed by atoms with van der Waals surface area (Å²) in [6.07, 6.45) is -2.28. The summed E-state index contributed by atoms with van der Waals surface area (Å²) >= 11 is 0. The molecule has 1 aliphatic heterocycles. The van der Waals surface area contributed by atoms with Crippen LogP contribution in [0.3, 0.4) is 0 Å². The van der Waals surface area contributed by atoms with E-state index in [1.165, 1.54) is 6.07 Å². The van der Waals surface area contributed by atoms with E-state index in [2.05, 4.69) is 0 Å². The lowest BCUT2D eigenvalue weighted by atomic mass is 9.91. The van der Waals surface area contributed by atoms with Gasteiger partial charge in [0.1, 0.15) is 0 Å². The third-order valence-corrected chi connectivity index (χ3v) is 4.41. The topological polar surface area (TPSA) is 40.5 Å². The average Bonchev–Trinajstić information content (AvgIpc) is 2.55. The molecule has 3 nitrogen and oxygen atoms in total. The van der Waals surface area contributed by atoms with Gasteiger partial charge >= 0.3 is 6.18 Å². The van der Waals surface area contributed by atoms with Gasteiger partial charge in [-0.25, -0.2) is 0 Å². The Balaban J connectivity index is 2.20. The number of rotatable bonds is 4. The first-order valence-electron chi connectivity index (χ1n) is 7.93. The van der Waals surface area contributed by atoms with Crippen LogP contribution in [0.2, 0.25) is 0 Å². The highest BCUT2D eigenvalue weighted by molar-refractivity contribution is 5.83. The van der Waals surface area contributed by atoms with E-state index in [4.69, 9.17) is 0 Å². The van der Waals surface area contributed by atoms with Crippen molar-refractivity contribution < 1.29 is 23.1 Å². The third-order valence-electron chi connectivity index (χ3n) is 4.41. The molecular formula is C17H22F3NO2. The Morgan fingerprint density at radius 1 is 1.43 bits per heavy atom. The lowest BCUT2D eigenvalue weighted by Gasteiger charge is -2.34. The molecular weight excluding hydrogens is 307 g/mol. The number of hydrogen-bond donors (Lipinski definition) is 1. The van der Waals surface area contributed by atoms with Gasteiger partial charge in [0.25, 0.3) is 0 Å². The number of aliphatic hydroxyl groups is 1. The summed E-state index contributed by atoms with van der Waals surface area (Å²) in [5.41, 5.74) is -0.327. The van der Waals surface area contributed by atoms with Crippen LogP contribution in [0, 0.1) is 5.92 Å². The number of piperidine rings is 1. The van der Waals surface area contributed by atoms with E-state index in [1.807, 2.05) is 0 Å². The van der Waals surface area contributed by atoms with Crippen LogP contribution in [0.15, 0.2) is 24.3 Å². The molecule has 1 N–H and O–H groups in total. The van der Waals surface area contributed by atoms with Crippen LogP contribution in [0.1, 0.15) is 43.2 Å². The fraction of sp³-hybridized carbons (Fsp3) is 0.588. The van der Waals surface area contributed by atoms with Crippen LogP contribution in [0.5, 0.6) is 0 Å². The van der Waals surface area contributed by atoms with Gasteiger partial charge in [0.15, 0.2) is 0 Å². The molecule has 1 heterocycles. The summed E-state index contributed by atoms with van der Waals surface area (Å²) in [6, 6.07) is 5.01. The largest absolute Gasteiger partial charge is 0.416 e. The van der Waals surface area contributed by atoms with E-state index in [0.29, 0.717) is 25.1 Å². The predicted octanol–water partition coefficient (Wildman–Crippen LogP) is 3.43. The number of carbonyl (C=O) groups is 1. The van der Waals surface area contributed by atoms with Crippen molar-refractivity contribution in [2.45, 2.75) is 38.3 Å². The van der Waals surface area contributed by atoms with Crippen molar-refractivity contribution in [3.05, 3.63) is 35.4 Å². The second-order valence-corrected chi connectivity index (χ2v) is 6.06. The first-order chi connectivity index (χ1) is 10.9. The number of alkyl halides is 3. The maximum Gasteiger partial charge on any atom is 0.416 e. The molecule has 23 heavy (non-hydrogen) atoms. The van der Waals surface area contributed by atoms with Crippen molar-refractivity contribution >= 4 is 5.91 Å². The number of hydrogen-bond acceptors (Lipinski definition) is 2. The molecule has 0 radical (unpaired) electrons. The van der Waals surface area contributed by atoms with Crippen LogP contribution in [-0.2, 0) is 11.0 Å². The smallest absolute Gasteiger partial charge is 0.396 e. The molecule has 6 heteroatoms. The Morgan fingerprint density at radius 3 is 2.78 bits per heavy atom. The molecule has 0 bridgehead atoms. The van der Waals surface area contributed by atoms with Gasteiger partial charge in [-0.3, -0.25) is 4.79 Å². The maximum absolute atomic E-state index is 12.9. The molecule has 128 valence electrons. The Hall–Kier alpha value is -1.56. The monoisotopic (exact) mass is 329 g/mol. The SMILES string of the molecule is CCC(C(=O)N1CCCC(CO)C1)c1cccc(C(F)(F)F)c1. The predicted molar refractivity (Wildman–Crippen MR) is 80.9 cm³/mol. The second kappa shape index (κ2) is 7.34. The van der Waals surface area contributed by atoms with Gasteiger partial charge in [0, 0.05) is 19.7 Å². The van der Waals surface area contributed by atoms with Crippen LogP contribution in [-0.4, -0.2) is 35.6 Å². The van der Waals surface area contributed by atoms with E-state index in [-0.39, 0.29) is 18.4 Å². The zero-order valence-electron chi connectivity index (χ0n) is 13.1.